The second-order valence-corrected chi connectivity index (χ2v) is 7.17. The Labute approximate surface area is 163 Å². The van der Waals surface area contributed by atoms with E-state index in [9.17, 15) is 19.8 Å². The molecule has 1 aliphatic carbocycles. The number of carbonyl (C=O) groups excluding carboxylic acids is 2. The first-order valence-electron chi connectivity index (χ1n) is 9.52. The van der Waals surface area contributed by atoms with Crippen LogP contribution in [0.2, 0.25) is 0 Å². The largest absolute Gasteiger partial charge is 0.508 e. The number of imidazole rings is 1. The van der Waals surface area contributed by atoms with Gasteiger partial charge < -0.3 is 25.8 Å². The Balaban J connectivity index is 1.47. The summed E-state index contributed by atoms with van der Waals surface area (Å²) in [6.07, 6.45) is 4.93. The van der Waals surface area contributed by atoms with Crippen LogP contribution in [0.4, 0.5) is 0 Å². The number of rotatable bonds is 7. The lowest BCUT2D eigenvalue weighted by atomic mass is 9.83. The molecule has 2 amide bonds. The lowest BCUT2D eigenvalue weighted by Gasteiger charge is -2.33. The van der Waals surface area contributed by atoms with Crippen LogP contribution in [0.25, 0.3) is 0 Å². The Bertz CT molecular complexity index is 793. The fourth-order valence-corrected chi connectivity index (χ4v) is 3.54. The van der Waals surface area contributed by atoms with Gasteiger partial charge in [-0.3, -0.25) is 9.59 Å². The Morgan fingerprint density at radius 3 is 2.89 bits per heavy atom. The van der Waals surface area contributed by atoms with E-state index in [4.69, 9.17) is 0 Å². The van der Waals surface area contributed by atoms with E-state index in [1.807, 2.05) is 0 Å². The first-order chi connectivity index (χ1) is 13.5. The molecule has 1 aromatic carbocycles. The van der Waals surface area contributed by atoms with E-state index in [1.54, 1.807) is 30.6 Å². The summed E-state index contributed by atoms with van der Waals surface area (Å²) in [5.74, 6) is 0.371. The predicted octanol–water partition coefficient (Wildman–Crippen LogP) is 0.662. The number of aromatic hydroxyl groups is 1. The lowest BCUT2D eigenvalue weighted by molar-refractivity contribution is -0.129. The van der Waals surface area contributed by atoms with Crippen molar-refractivity contribution in [3.8, 4) is 5.75 Å². The number of aromatic nitrogens is 2. The van der Waals surface area contributed by atoms with Crippen molar-refractivity contribution in [2.45, 2.75) is 44.2 Å². The van der Waals surface area contributed by atoms with Gasteiger partial charge in [-0.15, -0.1) is 0 Å². The first kappa shape index (κ1) is 19.9. The maximum absolute atomic E-state index is 12.4. The number of nitrogens with one attached hydrogen (secondary N) is 3. The van der Waals surface area contributed by atoms with Crippen LogP contribution in [0.5, 0.6) is 5.75 Å². The molecular weight excluding hydrogens is 360 g/mol. The van der Waals surface area contributed by atoms with Crippen LogP contribution in [0.1, 0.15) is 30.7 Å². The summed E-state index contributed by atoms with van der Waals surface area (Å²) in [5.41, 5.74) is 0.690. The Morgan fingerprint density at radius 2 is 2.14 bits per heavy atom. The van der Waals surface area contributed by atoms with Crippen molar-refractivity contribution in [2.24, 2.45) is 5.92 Å². The minimum Gasteiger partial charge on any atom is -0.508 e. The summed E-state index contributed by atoms with van der Waals surface area (Å²) in [4.78, 5) is 31.8. The van der Waals surface area contributed by atoms with Crippen molar-refractivity contribution in [1.29, 1.82) is 0 Å². The smallest absolute Gasteiger partial charge is 0.224 e. The number of benzene rings is 1. The second-order valence-electron chi connectivity index (χ2n) is 7.17. The van der Waals surface area contributed by atoms with Gasteiger partial charge in [0.15, 0.2) is 0 Å². The average molecular weight is 386 g/mol. The number of aliphatic hydroxyl groups excluding tert-OH is 1. The van der Waals surface area contributed by atoms with E-state index in [0.29, 0.717) is 37.8 Å². The first-order valence-corrected chi connectivity index (χ1v) is 9.52. The van der Waals surface area contributed by atoms with Crippen LogP contribution in [-0.2, 0) is 22.4 Å². The number of nitrogens with zero attached hydrogens (tertiary/aromatic N) is 1. The minimum absolute atomic E-state index is 0.0642. The van der Waals surface area contributed by atoms with Gasteiger partial charge in [0.05, 0.1) is 18.6 Å². The maximum atomic E-state index is 12.4. The van der Waals surface area contributed by atoms with Crippen LogP contribution < -0.4 is 10.6 Å². The van der Waals surface area contributed by atoms with Gasteiger partial charge in [0.1, 0.15) is 11.6 Å². The molecule has 1 heterocycles. The average Bonchev–Trinajstić information content (AvgIpc) is 3.17. The Hall–Kier alpha value is -2.87. The van der Waals surface area contributed by atoms with Crippen LogP contribution in [0.3, 0.4) is 0 Å². The van der Waals surface area contributed by atoms with Gasteiger partial charge in [0, 0.05) is 31.3 Å². The maximum Gasteiger partial charge on any atom is 0.224 e. The molecular formula is C20H26N4O4. The molecule has 3 rings (SSSR count). The van der Waals surface area contributed by atoms with Crippen molar-refractivity contribution in [3.05, 3.63) is 48.0 Å². The van der Waals surface area contributed by atoms with E-state index in [-0.39, 0.29) is 29.9 Å². The van der Waals surface area contributed by atoms with Gasteiger partial charge >= 0.3 is 0 Å². The molecule has 1 aromatic heterocycles. The Morgan fingerprint density at radius 1 is 1.29 bits per heavy atom. The summed E-state index contributed by atoms with van der Waals surface area (Å²) < 4.78 is 0. The fraction of sp³-hybridized carbons (Fsp3) is 0.450. The van der Waals surface area contributed by atoms with Crippen LogP contribution >= 0.6 is 0 Å². The molecule has 5 N–H and O–H groups in total. The minimum atomic E-state index is -0.666. The number of aromatic amines is 1. The van der Waals surface area contributed by atoms with Crippen molar-refractivity contribution in [3.63, 3.8) is 0 Å². The van der Waals surface area contributed by atoms with Gasteiger partial charge in [-0.1, -0.05) is 12.1 Å². The number of hydrogen-bond acceptors (Lipinski definition) is 5. The number of aliphatic hydroxyl groups is 1. The van der Waals surface area contributed by atoms with Gasteiger partial charge in [-0.25, -0.2) is 4.98 Å². The molecule has 28 heavy (non-hydrogen) atoms. The molecule has 150 valence electrons. The summed E-state index contributed by atoms with van der Waals surface area (Å²) in [6.45, 7) is 0.486. The third-order valence-electron chi connectivity index (χ3n) is 5.02. The molecule has 8 nitrogen and oxygen atoms in total. The SMILES string of the molecule is O=C(Cc1cccc(O)c1)N[C@@H]1C[C@@H](C(=O)NCCc2ncc[nH]2)CC[C@H]1O. The third kappa shape index (κ3) is 5.56. The van der Waals surface area contributed by atoms with Crippen LogP contribution in [-0.4, -0.2) is 50.7 Å². The molecule has 0 bridgehead atoms. The van der Waals surface area contributed by atoms with Crippen LogP contribution in [0, 0.1) is 5.92 Å². The third-order valence-corrected chi connectivity index (χ3v) is 5.02. The molecule has 3 atom stereocenters. The summed E-state index contributed by atoms with van der Waals surface area (Å²) in [5, 5.41) is 25.5. The zero-order valence-electron chi connectivity index (χ0n) is 15.6. The van der Waals surface area contributed by atoms with E-state index >= 15 is 0 Å². The van der Waals surface area contributed by atoms with E-state index in [1.165, 1.54) is 6.07 Å². The topological polar surface area (TPSA) is 127 Å². The zero-order valence-corrected chi connectivity index (χ0v) is 15.6. The number of H-pyrrole nitrogens is 1. The predicted molar refractivity (Wildman–Crippen MR) is 102 cm³/mol. The highest BCUT2D eigenvalue weighted by atomic mass is 16.3. The normalized spacial score (nSPS) is 21.8. The van der Waals surface area contributed by atoms with E-state index in [0.717, 1.165) is 5.82 Å². The highest BCUT2D eigenvalue weighted by Crippen LogP contribution is 2.25. The summed E-state index contributed by atoms with van der Waals surface area (Å²) in [7, 11) is 0. The highest BCUT2D eigenvalue weighted by molar-refractivity contribution is 5.80. The molecule has 1 aliphatic rings. The van der Waals surface area contributed by atoms with Crippen molar-refractivity contribution < 1.29 is 19.8 Å². The standard InChI is InChI=1S/C20H26N4O4/c25-15-3-1-2-13(10-15)11-19(27)24-16-12-14(4-5-17(16)26)20(28)23-7-6-18-21-8-9-22-18/h1-3,8-10,14,16-17,25-26H,4-7,11-12H2,(H,21,22)(H,23,28)(H,24,27)/t14-,16+,17+/m0/s1. The van der Waals surface area contributed by atoms with Gasteiger partial charge in [0.25, 0.3) is 0 Å². The van der Waals surface area contributed by atoms with Gasteiger partial charge in [-0.2, -0.15) is 0 Å². The number of carbonyl (C=O) groups is 2. The molecule has 0 saturated heterocycles. The quantitative estimate of drug-likeness (QED) is 0.478. The molecule has 1 saturated carbocycles. The molecule has 2 aromatic rings. The zero-order chi connectivity index (χ0) is 19.9. The molecule has 0 aliphatic heterocycles. The number of phenols is 1. The Kier molecular flexibility index (Phi) is 6.65. The summed E-state index contributed by atoms with van der Waals surface area (Å²) in [6, 6.07) is 6.05. The molecule has 0 radical (unpaired) electrons. The summed E-state index contributed by atoms with van der Waals surface area (Å²) >= 11 is 0. The number of phenolic OH excluding ortho intramolecular Hbond substituents is 1. The van der Waals surface area contributed by atoms with Crippen molar-refractivity contribution >= 4 is 11.8 Å². The molecule has 8 heteroatoms. The fourth-order valence-electron chi connectivity index (χ4n) is 3.54. The van der Waals surface area contributed by atoms with Gasteiger partial charge in [0.2, 0.25) is 11.8 Å². The van der Waals surface area contributed by atoms with Gasteiger partial charge in [-0.05, 0) is 37.0 Å². The molecule has 0 unspecified atom stereocenters. The number of hydrogen-bond donors (Lipinski definition) is 5. The van der Waals surface area contributed by atoms with Crippen molar-refractivity contribution in [1.82, 2.24) is 20.6 Å². The van der Waals surface area contributed by atoms with E-state index in [2.05, 4.69) is 20.6 Å². The number of amides is 2. The second kappa shape index (κ2) is 9.36. The molecule has 1 fully saturated rings. The lowest BCUT2D eigenvalue weighted by Crippen LogP contribution is -2.50. The molecule has 0 spiro atoms. The highest BCUT2D eigenvalue weighted by Gasteiger charge is 2.33. The monoisotopic (exact) mass is 386 g/mol. The van der Waals surface area contributed by atoms with Crippen molar-refractivity contribution in [2.75, 3.05) is 6.54 Å². The van der Waals surface area contributed by atoms with E-state index < -0.39 is 12.1 Å². The van der Waals surface area contributed by atoms with Crippen LogP contribution in [0.15, 0.2) is 36.7 Å².